The van der Waals surface area contributed by atoms with Gasteiger partial charge in [-0.05, 0) is 37.6 Å². The van der Waals surface area contributed by atoms with E-state index < -0.39 is 5.82 Å². The van der Waals surface area contributed by atoms with E-state index in [0.29, 0.717) is 22.2 Å². The first-order valence-corrected chi connectivity index (χ1v) is 6.62. The number of fused-ring (bicyclic) bond motifs is 1. The molecule has 21 heavy (non-hydrogen) atoms. The lowest BCUT2D eigenvalue weighted by Gasteiger charge is -2.06. The number of methoxy groups -OCH3 is 1. The van der Waals surface area contributed by atoms with Gasteiger partial charge in [-0.3, -0.25) is 0 Å². The summed E-state index contributed by atoms with van der Waals surface area (Å²) in [5.41, 5.74) is 3.03. The molecule has 2 aromatic heterocycles. The van der Waals surface area contributed by atoms with Gasteiger partial charge < -0.3 is 4.74 Å². The van der Waals surface area contributed by atoms with Gasteiger partial charge >= 0.3 is 0 Å². The fraction of sp³-hybridized carbons (Fsp3) is 0.214. The molecule has 2 heterocycles. The van der Waals surface area contributed by atoms with Crippen molar-refractivity contribution in [1.82, 2.24) is 19.8 Å². The van der Waals surface area contributed by atoms with Gasteiger partial charge in [0.2, 0.25) is 0 Å². The highest BCUT2D eigenvalue weighted by molar-refractivity contribution is 6.30. The van der Waals surface area contributed by atoms with Crippen molar-refractivity contribution in [2.45, 2.75) is 13.8 Å². The normalized spacial score (nSPS) is 11.1. The van der Waals surface area contributed by atoms with Crippen LogP contribution in [0.1, 0.15) is 11.1 Å². The SMILES string of the molecule is COc1cc(-c2nnc3c(C)c(C)c(Cl)nn23)ccc1F. The van der Waals surface area contributed by atoms with Crippen LogP contribution in [0.3, 0.4) is 0 Å². The molecule has 0 fully saturated rings. The fourth-order valence-corrected chi connectivity index (χ4v) is 2.29. The Bertz CT molecular complexity index is 847. The lowest BCUT2D eigenvalue weighted by molar-refractivity contribution is 0.386. The van der Waals surface area contributed by atoms with Crippen LogP contribution in [0.2, 0.25) is 5.15 Å². The van der Waals surface area contributed by atoms with E-state index in [1.54, 1.807) is 16.6 Å². The molecule has 108 valence electrons. The van der Waals surface area contributed by atoms with Crippen LogP contribution in [0.15, 0.2) is 18.2 Å². The Morgan fingerprint density at radius 2 is 1.95 bits per heavy atom. The largest absolute Gasteiger partial charge is 0.494 e. The van der Waals surface area contributed by atoms with Gasteiger partial charge in [-0.25, -0.2) is 4.39 Å². The number of aromatic nitrogens is 4. The number of nitrogens with zero attached hydrogens (tertiary/aromatic N) is 4. The molecule has 3 rings (SSSR count). The Labute approximate surface area is 125 Å². The summed E-state index contributed by atoms with van der Waals surface area (Å²) in [6.45, 7) is 3.78. The van der Waals surface area contributed by atoms with Crippen molar-refractivity contribution in [3.63, 3.8) is 0 Å². The molecular formula is C14H12ClFN4O. The van der Waals surface area contributed by atoms with Crippen molar-refractivity contribution in [1.29, 1.82) is 0 Å². The summed E-state index contributed by atoms with van der Waals surface area (Å²) in [5.74, 6) is 0.181. The lowest BCUT2D eigenvalue weighted by Crippen LogP contribution is -2.00. The van der Waals surface area contributed by atoms with Crippen LogP contribution in [0.25, 0.3) is 17.0 Å². The summed E-state index contributed by atoms with van der Waals surface area (Å²) in [4.78, 5) is 0. The van der Waals surface area contributed by atoms with E-state index in [0.717, 1.165) is 11.1 Å². The van der Waals surface area contributed by atoms with Crippen LogP contribution < -0.4 is 4.74 Å². The smallest absolute Gasteiger partial charge is 0.185 e. The molecule has 0 saturated heterocycles. The average Bonchev–Trinajstić information content (AvgIpc) is 2.89. The summed E-state index contributed by atoms with van der Waals surface area (Å²) in [7, 11) is 1.41. The molecule has 0 aliphatic heterocycles. The first-order chi connectivity index (χ1) is 10.0. The minimum Gasteiger partial charge on any atom is -0.494 e. The topological polar surface area (TPSA) is 52.3 Å². The maximum atomic E-state index is 13.5. The van der Waals surface area contributed by atoms with Crippen LogP contribution in [0.4, 0.5) is 4.39 Å². The predicted molar refractivity (Wildman–Crippen MR) is 77.2 cm³/mol. The number of benzene rings is 1. The van der Waals surface area contributed by atoms with Gasteiger partial charge in [0.15, 0.2) is 28.2 Å². The molecule has 3 aromatic rings. The first kappa shape index (κ1) is 13.8. The second-order valence-electron chi connectivity index (χ2n) is 4.65. The molecular weight excluding hydrogens is 295 g/mol. The van der Waals surface area contributed by atoms with Crippen molar-refractivity contribution in [2.24, 2.45) is 0 Å². The molecule has 0 aliphatic rings. The summed E-state index contributed by atoms with van der Waals surface area (Å²) in [6, 6.07) is 4.47. The molecule has 1 aromatic carbocycles. The van der Waals surface area contributed by atoms with Crippen molar-refractivity contribution in [2.75, 3.05) is 7.11 Å². The zero-order valence-corrected chi connectivity index (χ0v) is 12.4. The number of hydrogen-bond donors (Lipinski definition) is 0. The maximum absolute atomic E-state index is 13.5. The van der Waals surface area contributed by atoms with Gasteiger partial charge in [-0.1, -0.05) is 11.6 Å². The molecule has 7 heteroatoms. The average molecular weight is 307 g/mol. The highest BCUT2D eigenvalue weighted by Crippen LogP contribution is 2.27. The van der Waals surface area contributed by atoms with Crippen molar-refractivity contribution in [3.8, 4) is 17.1 Å². The fourth-order valence-electron chi connectivity index (χ4n) is 2.07. The Morgan fingerprint density at radius 3 is 2.67 bits per heavy atom. The standard InChI is InChI=1S/C14H12ClFN4O/c1-7-8(2)13-17-18-14(20(13)19-12(7)15)9-4-5-10(16)11(6-9)21-3/h4-6H,1-3H3. The number of rotatable bonds is 2. The van der Waals surface area contributed by atoms with Gasteiger partial charge in [0.05, 0.1) is 7.11 Å². The van der Waals surface area contributed by atoms with E-state index in [4.69, 9.17) is 16.3 Å². The van der Waals surface area contributed by atoms with E-state index in [1.165, 1.54) is 13.2 Å². The van der Waals surface area contributed by atoms with Gasteiger partial charge in [0, 0.05) is 11.1 Å². The molecule has 0 atom stereocenters. The summed E-state index contributed by atoms with van der Waals surface area (Å²) >= 11 is 6.12. The Kier molecular flexibility index (Phi) is 3.25. The third-order valence-corrected chi connectivity index (χ3v) is 3.80. The molecule has 0 bridgehead atoms. The summed E-state index contributed by atoms with van der Waals surface area (Å²) in [5, 5.41) is 12.9. The van der Waals surface area contributed by atoms with E-state index >= 15 is 0 Å². The Balaban J connectivity index is 2.26. The number of aryl methyl sites for hydroxylation is 1. The number of halogens is 2. The number of ether oxygens (including phenoxy) is 1. The van der Waals surface area contributed by atoms with E-state index in [2.05, 4.69) is 15.3 Å². The molecule has 0 spiro atoms. The van der Waals surface area contributed by atoms with Crippen LogP contribution in [0, 0.1) is 19.7 Å². The minimum absolute atomic E-state index is 0.138. The Hall–Kier alpha value is -2.21. The molecule has 0 N–H and O–H groups in total. The van der Waals surface area contributed by atoms with Crippen molar-refractivity contribution < 1.29 is 9.13 Å². The minimum atomic E-state index is -0.437. The molecule has 5 nitrogen and oxygen atoms in total. The summed E-state index contributed by atoms with van der Waals surface area (Å²) < 4.78 is 20.0. The van der Waals surface area contributed by atoms with Crippen LogP contribution >= 0.6 is 11.6 Å². The lowest BCUT2D eigenvalue weighted by atomic mass is 10.2. The third-order valence-electron chi connectivity index (χ3n) is 3.45. The third kappa shape index (κ3) is 2.12. The zero-order valence-electron chi connectivity index (χ0n) is 11.7. The number of hydrogen-bond acceptors (Lipinski definition) is 4. The maximum Gasteiger partial charge on any atom is 0.185 e. The molecule has 0 aliphatic carbocycles. The van der Waals surface area contributed by atoms with E-state index in [1.807, 2.05) is 13.8 Å². The molecule has 0 unspecified atom stereocenters. The monoisotopic (exact) mass is 306 g/mol. The quantitative estimate of drug-likeness (QED) is 0.729. The van der Waals surface area contributed by atoms with Crippen LogP contribution in [-0.4, -0.2) is 26.9 Å². The first-order valence-electron chi connectivity index (χ1n) is 6.25. The van der Waals surface area contributed by atoms with Gasteiger partial charge in [0.1, 0.15) is 0 Å². The summed E-state index contributed by atoms with van der Waals surface area (Å²) in [6.07, 6.45) is 0. The van der Waals surface area contributed by atoms with E-state index in [9.17, 15) is 4.39 Å². The highest BCUT2D eigenvalue weighted by atomic mass is 35.5. The van der Waals surface area contributed by atoms with Crippen molar-refractivity contribution >= 4 is 17.2 Å². The highest BCUT2D eigenvalue weighted by Gasteiger charge is 2.16. The zero-order chi connectivity index (χ0) is 15.1. The second-order valence-corrected chi connectivity index (χ2v) is 5.01. The van der Waals surface area contributed by atoms with Crippen molar-refractivity contribution in [3.05, 3.63) is 40.3 Å². The predicted octanol–water partition coefficient (Wildman–Crippen LogP) is 3.21. The Morgan fingerprint density at radius 1 is 1.19 bits per heavy atom. The molecule has 0 saturated carbocycles. The van der Waals surface area contributed by atoms with E-state index in [-0.39, 0.29) is 5.75 Å². The van der Waals surface area contributed by atoms with Crippen LogP contribution in [-0.2, 0) is 0 Å². The second kappa shape index (κ2) is 4.96. The van der Waals surface area contributed by atoms with Gasteiger partial charge in [0.25, 0.3) is 0 Å². The molecule has 0 amide bonds. The van der Waals surface area contributed by atoms with Gasteiger partial charge in [-0.2, -0.15) is 9.61 Å². The molecule has 0 radical (unpaired) electrons. The van der Waals surface area contributed by atoms with Crippen LogP contribution in [0.5, 0.6) is 5.75 Å². The van der Waals surface area contributed by atoms with Gasteiger partial charge in [-0.15, -0.1) is 10.2 Å².